The summed E-state index contributed by atoms with van der Waals surface area (Å²) in [6, 6.07) is 1.30. The van der Waals surface area contributed by atoms with Crippen molar-refractivity contribution in [3.63, 3.8) is 0 Å². The molecule has 0 heterocycles. The highest BCUT2D eigenvalue weighted by Crippen LogP contribution is 2.44. The van der Waals surface area contributed by atoms with Crippen molar-refractivity contribution < 1.29 is 5.11 Å². The van der Waals surface area contributed by atoms with Gasteiger partial charge in [0.2, 0.25) is 0 Å². The van der Waals surface area contributed by atoms with Gasteiger partial charge in [0.1, 0.15) is 0 Å². The molecule has 0 aliphatic heterocycles. The van der Waals surface area contributed by atoms with Crippen LogP contribution in [0, 0.1) is 17.3 Å². The van der Waals surface area contributed by atoms with E-state index in [1.54, 1.807) is 0 Å². The molecule has 2 rings (SSSR count). The Kier molecular flexibility index (Phi) is 6.10. The van der Waals surface area contributed by atoms with Crippen LogP contribution >= 0.6 is 0 Å². The molecule has 3 N–H and O–H groups in total. The van der Waals surface area contributed by atoms with Crippen molar-refractivity contribution in [3.8, 4) is 0 Å². The lowest BCUT2D eigenvalue weighted by Crippen LogP contribution is -2.55. The minimum atomic E-state index is 0.284. The zero-order valence-corrected chi connectivity index (χ0v) is 14.4. The minimum Gasteiger partial charge on any atom is -0.395 e. The quantitative estimate of drug-likeness (QED) is 0.759. The molecular formula is C18H36N2O. The van der Waals surface area contributed by atoms with E-state index in [1.165, 1.54) is 44.9 Å². The number of rotatable bonds is 7. The Morgan fingerprint density at radius 1 is 1.19 bits per heavy atom. The molecule has 21 heavy (non-hydrogen) atoms. The monoisotopic (exact) mass is 296 g/mol. The highest BCUT2D eigenvalue weighted by molar-refractivity contribution is 4.95. The van der Waals surface area contributed by atoms with Crippen LogP contribution in [0.4, 0.5) is 0 Å². The molecule has 0 bridgehead atoms. The molecule has 0 aromatic heterocycles. The second-order valence-electron chi connectivity index (χ2n) is 7.96. The Bertz CT molecular complexity index is 314. The van der Waals surface area contributed by atoms with Gasteiger partial charge in [0.05, 0.1) is 6.61 Å². The molecule has 124 valence electrons. The highest BCUT2D eigenvalue weighted by atomic mass is 16.3. The zero-order chi connectivity index (χ0) is 15.5. The summed E-state index contributed by atoms with van der Waals surface area (Å²) in [5.74, 6) is 1.43. The number of nitrogens with two attached hydrogens (primary N) is 1. The number of hydrogen-bond donors (Lipinski definition) is 2. The van der Waals surface area contributed by atoms with Crippen LogP contribution in [-0.2, 0) is 0 Å². The molecule has 3 unspecified atom stereocenters. The molecule has 0 spiro atoms. The van der Waals surface area contributed by atoms with E-state index in [1.807, 2.05) is 0 Å². The smallest absolute Gasteiger partial charge is 0.0558 e. The maximum absolute atomic E-state index is 9.49. The van der Waals surface area contributed by atoms with Crippen molar-refractivity contribution in [3.05, 3.63) is 0 Å². The summed E-state index contributed by atoms with van der Waals surface area (Å²) in [7, 11) is 0. The highest BCUT2D eigenvalue weighted by Gasteiger charge is 2.41. The van der Waals surface area contributed by atoms with Gasteiger partial charge >= 0.3 is 0 Å². The predicted octanol–water partition coefficient (Wildman–Crippen LogP) is 3.01. The largest absolute Gasteiger partial charge is 0.395 e. The maximum atomic E-state index is 9.49. The van der Waals surface area contributed by atoms with Crippen molar-refractivity contribution in [1.82, 2.24) is 4.90 Å². The summed E-state index contributed by atoms with van der Waals surface area (Å²) in [5.41, 5.74) is 6.52. The molecule has 2 aliphatic rings. The average molecular weight is 296 g/mol. The van der Waals surface area contributed by atoms with Crippen LogP contribution in [0.15, 0.2) is 0 Å². The van der Waals surface area contributed by atoms with E-state index < -0.39 is 0 Å². The third-order valence-electron chi connectivity index (χ3n) is 6.60. The first-order valence-corrected chi connectivity index (χ1v) is 9.10. The van der Waals surface area contributed by atoms with Gasteiger partial charge in [-0.25, -0.2) is 0 Å². The summed E-state index contributed by atoms with van der Waals surface area (Å²) >= 11 is 0. The summed E-state index contributed by atoms with van der Waals surface area (Å²) in [6.07, 6.45) is 9.11. The van der Waals surface area contributed by atoms with Gasteiger partial charge in [-0.1, -0.05) is 33.6 Å². The summed E-state index contributed by atoms with van der Waals surface area (Å²) in [4.78, 5) is 2.62. The van der Waals surface area contributed by atoms with E-state index >= 15 is 0 Å². The average Bonchev–Trinajstić information content (AvgIpc) is 2.44. The minimum absolute atomic E-state index is 0.284. The molecule has 2 saturated carbocycles. The molecule has 0 amide bonds. The second kappa shape index (κ2) is 7.43. The van der Waals surface area contributed by atoms with Gasteiger partial charge in [0.25, 0.3) is 0 Å². The van der Waals surface area contributed by atoms with Crippen LogP contribution in [0.2, 0.25) is 0 Å². The predicted molar refractivity (Wildman–Crippen MR) is 89.2 cm³/mol. The number of aliphatic hydroxyl groups excluding tert-OH is 1. The maximum Gasteiger partial charge on any atom is 0.0558 e. The first kappa shape index (κ1) is 17.2. The summed E-state index contributed by atoms with van der Waals surface area (Å²) in [6.45, 7) is 9.10. The van der Waals surface area contributed by atoms with Gasteiger partial charge < -0.3 is 10.8 Å². The van der Waals surface area contributed by atoms with Crippen LogP contribution in [0.5, 0.6) is 0 Å². The number of hydrogen-bond acceptors (Lipinski definition) is 3. The van der Waals surface area contributed by atoms with Gasteiger partial charge in [0, 0.05) is 18.6 Å². The van der Waals surface area contributed by atoms with E-state index in [9.17, 15) is 5.11 Å². The summed E-state index contributed by atoms with van der Waals surface area (Å²) in [5, 5.41) is 9.49. The normalized spacial score (nSPS) is 31.4. The molecule has 0 radical (unpaired) electrons. The lowest BCUT2D eigenvalue weighted by atomic mass is 9.65. The van der Waals surface area contributed by atoms with Gasteiger partial charge in [-0.2, -0.15) is 0 Å². The van der Waals surface area contributed by atoms with Crippen LogP contribution in [0.25, 0.3) is 0 Å². The van der Waals surface area contributed by atoms with Crippen molar-refractivity contribution in [2.24, 2.45) is 23.0 Å². The van der Waals surface area contributed by atoms with Crippen molar-refractivity contribution >= 4 is 0 Å². The summed E-state index contributed by atoms with van der Waals surface area (Å²) < 4.78 is 0. The Morgan fingerprint density at radius 2 is 1.90 bits per heavy atom. The Hall–Kier alpha value is -0.120. The molecule has 2 aliphatic carbocycles. The van der Waals surface area contributed by atoms with Crippen molar-refractivity contribution in [2.45, 2.75) is 77.8 Å². The fraction of sp³-hybridized carbons (Fsp3) is 1.00. The number of aliphatic hydroxyl groups is 1. The van der Waals surface area contributed by atoms with Gasteiger partial charge in [-0.05, 0) is 55.9 Å². The fourth-order valence-electron chi connectivity index (χ4n) is 4.34. The van der Waals surface area contributed by atoms with Crippen LogP contribution in [0.3, 0.4) is 0 Å². The molecule has 0 aromatic carbocycles. The molecule has 2 fully saturated rings. The Labute approximate surface area is 131 Å². The fourth-order valence-corrected chi connectivity index (χ4v) is 4.34. The van der Waals surface area contributed by atoms with Gasteiger partial charge in [0.15, 0.2) is 0 Å². The first-order chi connectivity index (χ1) is 10.0. The first-order valence-electron chi connectivity index (χ1n) is 9.10. The van der Waals surface area contributed by atoms with E-state index in [4.69, 9.17) is 5.73 Å². The third kappa shape index (κ3) is 3.80. The van der Waals surface area contributed by atoms with E-state index in [2.05, 4.69) is 25.7 Å². The molecule has 0 aromatic rings. The molecule has 3 atom stereocenters. The van der Waals surface area contributed by atoms with Crippen molar-refractivity contribution in [1.29, 1.82) is 0 Å². The lowest BCUT2D eigenvalue weighted by Gasteiger charge is -2.50. The SMILES string of the molecule is CCC(C)(C)C1CCC(CN)C(N(CCO)C2CCC2)C1. The standard InChI is InChI=1S/C18H36N2O/c1-4-18(2,3)15-9-8-14(13-19)17(12-15)20(10-11-21)16-6-5-7-16/h14-17,21H,4-13,19H2,1-3H3. The van der Waals surface area contributed by atoms with Crippen molar-refractivity contribution in [2.75, 3.05) is 19.7 Å². The Balaban J connectivity index is 2.10. The second-order valence-corrected chi connectivity index (χ2v) is 7.96. The zero-order valence-electron chi connectivity index (χ0n) is 14.4. The lowest BCUT2D eigenvalue weighted by molar-refractivity contribution is -0.0137. The van der Waals surface area contributed by atoms with Gasteiger partial charge in [-0.15, -0.1) is 0 Å². The molecular weight excluding hydrogens is 260 g/mol. The molecule has 0 saturated heterocycles. The van der Waals surface area contributed by atoms with E-state index in [-0.39, 0.29) is 6.61 Å². The molecule has 3 heteroatoms. The van der Waals surface area contributed by atoms with Crippen LogP contribution < -0.4 is 5.73 Å². The van der Waals surface area contributed by atoms with Crippen LogP contribution in [-0.4, -0.2) is 41.8 Å². The van der Waals surface area contributed by atoms with Gasteiger partial charge in [-0.3, -0.25) is 4.90 Å². The van der Waals surface area contributed by atoms with E-state index in [0.29, 0.717) is 23.4 Å². The Morgan fingerprint density at radius 3 is 2.38 bits per heavy atom. The molecule has 3 nitrogen and oxygen atoms in total. The third-order valence-corrected chi connectivity index (χ3v) is 6.60. The topological polar surface area (TPSA) is 49.5 Å². The van der Waals surface area contributed by atoms with Crippen LogP contribution in [0.1, 0.15) is 65.7 Å². The van der Waals surface area contributed by atoms with E-state index in [0.717, 1.165) is 19.0 Å². The number of nitrogens with zero attached hydrogens (tertiary/aromatic N) is 1.